The Bertz CT molecular complexity index is 855. The Morgan fingerprint density at radius 3 is 2.38 bits per heavy atom. The maximum Gasteiger partial charge on any atom is 0.265 e. The molecule has 0 bridgehead atoms. The molecule has 0 fully saturated rings. The minimum atomic E-state index is -0.222. The summed E-state index contributed by atoms with van der Waals surface area (Å²) in [5.74, 6) is 0.311. The fraction of sp³-hybridized carbons (Fsp3) is 0.0526. The summed E-state index contributed by atoms with van der Waals surface area (Å²) < 4.78 is 5.11. The van der Waals surface area contributed by atoms with Crippen molar-refractivity contribution in [2.24, 2.45) is 0 Å². The van der Waals surface area contributed by atoms with Crippen molar-refractivity contribution in [2.75, 3.05) is 12.4 Å². The Balaban J connectivity index is 1.87. The molecule has 1 heterocycles. The third-order valence-electron chi connectivity index (χ3n) is 3.52. The van der Waals surface area contributed by atoms with Crippen LogP contribution >= 0.6 is 11.3 Å². The number of para-hydroxylation sites is 1. The van der Waals surface area contributed by atoms with Gasteiger partial charge in [0.1, 0.15) is 5.75 Å². The summed E-state index contributed by atoms with van der Waals surface area (Å²) in [6, 6.07) is 17.4. The van der Waals surface area contributed by atoms with Gasteiger partial charge in [-0.2, -0.15) is 0 Å². The van der Waals surface area contributed by atoms with Crippen molar-refractivity contribution in [1.82, 2.24) is 0 Å². The maximum absolute atomic E-state index is 12.7. The molecule has 120 valence electrons. The van der Waals surface area contributed by atoms with Crippen LogP contribution in [0.2, 0.25) is 0 Å². The molecule has 1 amide bonds. The number of thiophene rings is 1. The average molecular weight is 337 g/mol. The third-order valence-corrected chi connectivity index (χ3v) is 4.39. The van der Waals surface area contributed by atoms with Crippen molar-refractivity contribution in [3.8, 4) is 5.75 Å². The molecule has 0 aliphatic rings. The van der Waals surface area contributed by atoms with Gasteiger partial charge in [0.25, 0.3) is 5.91 Å². The monoisotopic (exact) mass is 337 g/mol. The second kappa shape index (κ2) is 7.10. The van der Waals surface area contributed by atoms with Crippen molar-refractivity contribution in [3.05, 3.63) is 82.0 Å². The van der Waals surface area contributed by atoms with Crippen molar-refractivity contribution < 1.29 is 14.3 Å². The van der Waals surface area contributed by atoms with E-state index < -0.39 is 0 Å². The number of carbonyl (C=O) groups excluding carboxylic acids is 2. The SMILES string of the molecule is COc1ccc(C(=O)c2ccccc2NC(=O)c2cccs2)cc1. The summed E-state index contributed by atoms with van der Waals surface area (Å²) in [5, 5.41) is 4.65. The molecule has 0 saturated carbocycles. The Morgan fingerprint density at radius 2 is 1.71 bits per heavy atom. The lowest BCUT2D eigenvalue weighted by Crippen LogP contribution is -2.14. The van der Waals surface area contributed by atoms with Crippen LogP contribution in [-0.4, -0.2) is 18.8 Å². The molecular weight excluding hydrogens is 322 g/mol. The summed E-state index contributed by atoms with van der Waals surface area (Å²) in [4.78, 5) is 25.6. The lowest BCUT2D eigenvalue weighted by molar-refractivity contribution is 0.103. The summed E-state index contributed by atoms with van der Waals surface area (Å²) in [7, 11) is 1.58. The molecule has 2 aromatic carbocycles. The molecule has 4 nitrogen and oxygen atoms in total. The molecular formula is C19H15NO3S. The van der Waals surface area contributed by atoms with Gasteiger partial charge >= 0.3 is 0 Å². The lowest BCUT2D eigenvalue weighted by atomic mass is 10.0. The maximum atomic E-state index is 12.7. The first-order valence-electron chi connectivity index (χ1n) is 7.31. The van der Waals surface area contributed by atoms with Gasteiger partial charge < -0.3 is 10.1 Å². The molecule has 0 aliphatic carbocycles. The molecule has 1 aromatic heterocycles. The highest BCUT2D eigenvalue weighted by Crippen LogP contribution is 2.22. The first-order chi connectivity index (χ1) is 11.7. The van der Waals surface area contributed by atoms with Crippen LogP contribution in [0.15, 0.2) is 66.0 Å². The number of hydrogen-bond donors (Lipinski definition) is 1. The second-order valence-electron chi connectivity index (χ2n) is 5.03. The number of methoxy groups -OCH3 is 1. The van der Waals surface area contributed by atoms with Crippen molar-refractivity contribution in [2.45, 2.75) is 0 Å². The number of ether oxygens (including phenoxy) is 1. The summed E-state index contributed by atoms with van der Waals surface area (Å²) in [6.45, 7) is 0. The summed E-state index contributed by atoms with van der Waals surface area (Å²) in [6.07, 6.45) is 0. The molecule has 0 atom stereocenters. The topological polar surface area (TPSA) is 55.4 Å². The highest BCUT2D eigenvalue weighted by Gasteiger charge is 2.16. The van der Waals surface area contributed by atoms with E-state index in [1.165, 1.54) is 11.3 Å². The van der Waals surface area contributed by atoms with E-state index >= 15 is 0 Å². The van der Waals surface area contributed by atoms with E-state index in [1.807, 2.05) is 11.4 Å². The van der Waals surface area contributed by atoms with Crippen LogP contribution in [0.1, 0.15) is 25.6 Å². The van der Waals surface area contributed by atoms with Gasteiger partial charge in [-0.3, -0.25) is 9.59 Å². The predicted molar refractivity (Wildman–Crippen MR) is 95.1 cm³/mol. The predicted octanol–water partition coefficient (Wildman–Crippen LogP) is 4.24. The largest absolute Gasteiger partial charge is 0.497 e. The van der Waals surface area contributed by atoms with E-state index in [0.717, 1.165) is 0 Å². The van der Waals surface area contributed by atoms with Crippen LogP contribution in [-0.2, 0) is 0 Å². The highest BCUT2D eigenvalue weighted by atomic mass is 32.1. The molecule has 0 spiro atoms. The third kappa shape index (κ3) is 3.36. The van der Waals surface area contributed by atoms with Gasteiger partial charge in [0.2, 0.25) is 0 Å². The second-order valence-corrected chi connectivity index (χ2v) is 5.98. The van der Waals surface area contributed by atoms with E-state index in [-0.39, 0.29) is 11.7 Å². The summed E-state index contributed by atoms with van der Waals surface area (Å²) in [5.41, 5.74) is 1.48. The molecule has 0 saturated heterocycles. The number of hydrogen-bond acceptors (Lipinski definition) is 4. The zero-order valence-electron chi connectivity index (χ0n) is 13.0. The number of ketones is 1. The molecule has 3 rings (SSSR count). The number of amides is 1. The van der Waals surface area contributed by atoms with E-state index in [2.05, 4.69) is 5.32 Å². The van der Waals surface area contributed by atoms with Crippen LogP contribution < -0.4 is 10.1 Å². The van der Waals surface area contributed by atoms with Crippen LogP contribution in [0, 0.1) is 0 Å². The zero-order valence-corrected chi connectivity index (χ0v) is 13.8. The molecule has 24 heavy (non-hydrogen) atoms. The van der Waals surface area contributed by atoms with E-state index in [4.69, 9.17) is 4.74 Å². The first kappa shape index (κ1) is 16.0. The Labute approximate surface area is 143 Å². The quantitative estimate of drug-likeness (QED) is 0.709. The Kier molecular flexibility index (Phi) is 4.72. The number of benzene rings is 2. The fourth-order valence-corrected chi connectivity index (χ4v) is 2.90. The first-order valence-corrected chi connectivity index (χ1v) is 8.19. The van der Waals surface area contributed by atoms with Gasteiger partial charge in [-0.15, -0.1) is 11.3 Å². The molecule has 0 aliphatic heterocycles. The van der Waals surface area contributed by atoms with Crippen molar-refractivity contribution >= 4 is 28.7 Å². The van der Waals surface area contributed by atoms with E-state index in [9.17, 15) is 9.59 Å². The molecule has 5 heteroatoms. The molecule has 0 unspecified atom stereocenters. The molecule has 3 aromatic rings. The van der Waals surface area contributed by atoms with E-state index in [1.54, 1.807) is 61.7 Å². The van der Waals surface area contributed by atoms with Gasteiger partial charge in [-0.05, 0) is 47.8 Å². The minimum Gasteiger partial charge on any atom is -0.497 e. The lowest BCUT2D eigenvalue weighted by Gasteiger charge is -2.10. The molecule has 1 N–H and O–H groups in total. The van der Waals surface area contributed by atoms with Crippen LogP contribution in [0.3, 0.4) is 0 Å². The number of carbonyl (C=O) groups is 2. The Morgan fingerprint density at radius 1 is 0.958 bits per heavy atom. The van der Waals surface area contributed by atoms with Crippen LogP contribution in [0.4, 0.5) is 5.69 Å². The van der Waals surface area contributed by atoms with Crippen molar-refractivity contribution in [3.63, 3.8) is 0 Å². The van der Waals surface area contributed by atoms with Gasteiger partial charge in [0.05, 0.1) is 17.7 Å². The zero-order chi connectivity index (χ0) is 16.9. The van der Waals surface area contributed by atoms with E-state index in [0.29, 0.717) is 27.4 Å². The number of rotatable bonds is 5. The highest BCUT2D eigenvalue weighted by molar-refractivity contribution is 7.12. The number of anilines is 1. The van der Waals surface area contributed by atoms with Gasteiger partial charge in [-0.25, -0.2) is 0 Å². The average Bonchev–Trinajstić information content (AvgIpc) is 3.16. The smallest absolute Gasteiger partial charge is 0.265 e. The van der Waals surface area contributed by atoms with Gasteiger partial charge in [0, 0.05) is 11.1 Å². The normalized spacial score (nSPS) is 10.2. The minimum absolute atomic E-state index is 0.153. The summed E-state index contributed by atoms with van der Waals surface area (Å²) >= 11 is 1.35. The van der Waals surface area contributed by atoms with Crippen LogP contribution in [0.5, 0.6) is 5.75 Å². The molecule has 0 radical (unpaired) electrons. The fourth-order valence-electron chi connectivity index (χ4n) is 2.28. The van der Waals surface area contributed by atoms with Gasteiger partial charge in [-0.1, -0.05) is 18.2 Å². The van der Waals surface area contributed by atoms with Gasteiger partial charge in [0.15, 0.2) is 5.78 Å². The van der Waals surface area contributed by atoms with Crippen LogP contribution in [0.25, 0.3) is 0 Å². The standard InChI is InChI=1S/C19H15NO3S/c1-23-14-10-8-13(9-11-14)18(21)15-5-2-3-6-16(15)20-19(22)17-7-4-12-24-17/h2-12H,1H3,(H,20,22). The van der Waals surface area contributed by atoms with Crippen molar-refractivity contribution in [1.29, 1.82) is 0 Å². The number of nitrogens with one attached hydrogen (secondary N) is 1. The Hall–Kier alpha value is -2.92.